The summed E-state index contributed by atoms with van der Waals surface area (Å²) in [6, 6.07) is 15.3. The molecule has 102 valence electrons. The lowest BCUT2D eigenvalue weighted by Gasteiger charge is -1.94. The van der Waals surface area contributed by atoms with Crippen molar-refractivity contribution in [2.45, 2.75) is 0 Å². The molecule has 6 nitrogen and oxygen atoms in total. The van der Waals surface area contributed by atoms with Crippen LogP contribution in [-0.4, -0.2) is 20.0 Å². The Morgan fingerprint density at radius 2 is 1.86 bits per heavy atom. The molecule has 0 saturated carbocycles. The van der Waals surface area contributed by atoms with Crippen molar-refractivity contribution in [1.82, 2.24) is 14.9 Å². The van der Waals surface area contributed by atoms with Crippen LogP contribution < -0.4 is 0 Å². The number of fused-ring (bicyclic) bond motifs is 2. The molecular weight excluding hydrogens is 266 g/mol. The summed E-state index contributed by atoms with van der Waals surface area (Å²) in [5, 5.41) is 24.1. The van der Waals surface area contributed by atoms with Gasteiger partial charge in [0, 0.05) is 10.8 Å². The third kappa shape index (κ3) is 1.85. The molecule has 2 aromatic heterocycles. The molecule has 21 heavy (non-hydrogen) atoms. The minimum Gasteiger partial charge on any atom is -0.493 e. The van der Waals surface area contributed by atoms with Gasteiger partial charge in [0.15, 0.2) is 5.69 Å². The van der Waals surface area contributed by atoms with E-state index in [-0.39, 0.29) is 5.88 Å². The van der Waals surface area contributed by atoms with Gasteiger partial charge in [-0.15, -0.1) is 9.91 Å². The standard InChI is InChI=1S/C15H11N5O/c21-15-14(11-6-2-3-7-12(11)17-15)18-19-20-13-8-4-1-5-10(13)9-16-20/h1-9,17,21H. The fourth-order valence-corrected chi connectivity index (χ4v) is 2.33. The number of hydrogen-bond acceptors (Lipinski definition) is 4. The maximum absolute atomic E-state index is 9.94. The van der Waals surface area contributed by atoms with E-state index in [2.05, 4.69) is 20.4 Å². The maximum atomic E-state index is 9.94. The Morgan fingerprint density at radius 3 is 2.81 bits per heavy atom. The Balaban J connectivity index is 1.82. The molecule has 0 spiro atoms. The molecule has 0 bridgehead atoms. The van der Waals surface area contributed by atoms with Crippen molar-refractivity contribution in [3.8, 4) is 5.88 Å². The summed E-state index contributed by atoms with van der Waals surface area (Å²) >= 11 is 0. The molecule has 0 radical (unpaired) electrons. The molecule has 4 aromatic rings. The van der Waals surface area contributed by atoms with Crippen molar-refractivity contribution < 1.29 is 5.11 Å². The van der Waals surface area contributed by atoms with Crippen molar-refractivity contribution in [1.29, 1.82) is 0 Å². The summed E-state index contributed by atoms with van der Waals surface area (Å²) in [6.45, 7) is 0. The lowest BCUT2D eigenvalue weighted by atomic mass is 10.2. The van der Waals surface area contributed by atoms with Gasteiger partial charge in [-0.3, -0.25) is 0 Å². The van der Waals surface area contributed by atoms with E-state index in [0.29, 0.717) is 5.69 Å². The number of H-pyrrole nitrogens is 1. The van der Waals surface area contributed by atoms with Gasteiger partial charge in [-0.25, -0.2) is 0 Å². The van der Waals surface area contributed by atoms with Gasteiger partial charge in [0.2, 0.25) is 5.88 Å². The van der Waals surface area contributed by atoms with E-state index >= 15 is 0 Å². The minimum absolute atomic E-state index is 0.00332. The normalized spacial score (nSPS) is 11.8. The molecule has 0 fully saturated rings. The number of nitrogens with one attached hydrogen (secondary N) is 1. The first-order valence-corrected chi connectivity index (χ1v) is 6.47. The van der Waals surface area contributed by atoms with E-state index < -0.39 is 0 Å². The third-order valence-electron chi connectivity index (χ3n) is 3.35. The van der Waals surface area contributed by atoms with Crippen LogP contribution >= 0.6 is 0 Å². The summed E-state index contributed by atoms with van der Waals surface area (Å²) in [7, 11) is 0. The molecule has 4 rings (SSSR count). The van der Waals surface area contributed by atoms with Crippen LogP contribution in [-0.2, 0) is 0 Å². The Morgan fingerprint density at radius 1 is 1.05 bits per heavy atom. The quantitative estimate of drug-likeness (QED) is 0.547. The van der Waals surface area contributed by atoms with Gasteiger partial charge in [0.1, 0.15) is 0 Å². The van der Waals surface area contributed by atoms with Gasteiger partial charge in [0.25, 0.3) is 0 Å². The Kier molecular flexibility index (Phi) is 2.47. The summed E-state index contributed by atoms with van der Waals surface area (Å²) in [5.74, 6) is -0.00332. The Bertz CT molecular complexity index is 966. The zero-order valence-electron chi connectivity index (χ0n) is 10.9. The first kappa shape index (κ1) is 11.7. The number of para-hydroxylation sites is 2. The highest BCUT2D eigenvalue weighted by atomic mass is 16.3. The number of aromatic nitrogens is 3. The maximum Gasteiger partial charge on any atom is 0.218 e. The van der Waals surface area contributed by atoms with Crippen LogP contribution in [0.4, 0.5) is 5.69 Å². The first-order valence-electron chi connectivity index (χ1n) is 6.47. The molecule has 0 atom stereocenters. The predicted molar refractivity (Wildman–Crippen MR) is 79.6 cm³/mol. The second-order valence-corrected chi connectivity index (χ2v) is 4.65. The van der Waals surface area contributed by atoms with Crippen LogP contribution in [0, 0.1) is 0 Å². The predicted octanol–water partition coefficient (Wildman–Crippen LogP) is 3.77. The van der Waals surface area contributed by atoms with Gasteiger partial charge >= 0.3 is 0 Å². The Labute approximate surface area is 119 Å². The van der Waals surface area contributed by atoms with E-state index in [1.807, 2.05) is 48.5 Å². The van der Waals surface area contributed by atoms with Crippen LogP contribution in [0.5, 0.6) is 5.88 Å². The molecule has 2 N–H and O–H groups in total. The van der Waals surface area contributed by atoms with E-state index in [1.54, 1.807) is 6.20 Å². The first-order chi connectivity index (χ1) is 10.3. The van der Waals surface area contributed by atoms with E-state index in [1.165, 1.54) is 4.79 Å². The number of aromatic amines is 1. The summed E-state index contributed by atoms with van der Waals surface area (Å²) in [6.07, 6.45) is 1.73. The Hall–Kier alpha value is -3.15. The highest BCUT2D eigenvalue weighted by Crippen LogP contribution is 2.35. The topological polar surface area (TPSA) is 78.6 Å². The number of hydrogen-bond donors (Lipinski definition) is 2. The third-order valence-corrected chi connectivity index (χ3v) is 3.35. The highest BCUT2D eigenvalue weighted by molar-refractivity contribution is 5.94. The second kappa shape index (κ2) is 4.45. The fraction of sp³-hybridized carbons (Fsp3) is 0. The van der Waals surface area contributed by atoms with Crippen molar-refractivity contribution >= 4 is 27.5 Å². The molecule has 0 amide bonds. The van der Waals surface area contributed by atoms with Gasteiger partial charge in [-0.1, -0.05) is 36.4 Å². The zero-order valence-corrected chi connectivity index (χ0v) is 10.9. The van der Waals surface area contributed by atoms with Crippen molar-refractivity contribution in [2.75, 3.05) is 0 Å². The molecule has 2 aromatic carbocycles. The van der Waals surface area contributed by atoms with Gasteiger partial charge in [-0.05, 0) is 17.4 Å². The lowest BCUT2D eigenvalue weighted by Crippen LogP contribution is -1.87. The van der Waals surface area contributed by atoms with E-state index in [4.69, 9.17) is 0 Å². The summed E-state index contributed by atoms with van der Waals surface area (Å²) in [5.41, 5.74) is 2.08. The molecular formula is C15H11N5O. The van der Waals surface area contributed by atoms with E-state index in [0.717, 1.165) is 21.8 Å². The van der Waals surface area contributed by atoms with Crippen LogP contribution in [0.25, 0.3) is 21.8 Å². The fourth-order valence-electron chi connectivity index (χ4n) is 2.33. The van der Waals surface area contributed by atoms with Gasteiger partial charge < -0.3 is 10.1 Å². The van der Waals surface area contributed by atoms with Crippen LogP contribution in [0.15, 0.2) is 65.1 Å². The lowest BCUT2D eigenvalue weighted by molar-refractivity contribution is 0.459. The van der Waals surface area contributed by atoms with Gasteiger partial charge in [-0.2, -0.15) is 5.10 Å². The smallest absolute Gasteiger partial charge is 0.218 e. The number of aromatic hydroxyl groups is 1. The molecule has 0 aliphatic rings. The molecule has 6 heteroatoms. The summed E-state index contributed by atoms with van der Waals surface area (Å²) in [4.78, 5) is 4.31. The van der Waals surface area contributed by atoms with Crippen molar-refractivity contribution in [3.63, 3.8) is 0 Å². The number of nitrogens with zero attached hydrogens (tertiary/aromatic N) is 4. The largest absolute Gasteiger partial charge is 0.493 e. The summed E-state index contributed by atoms with van der Waals surface area (Å²) < 4.78 is 0. The SMILES string of the molecule is Oc1[nH]c2ccccc2c1N=Nn1ncc2ccccc21. The molecule has 0 aliphatic carbocycles. The minimum atomic E-state index is -0.00332. The molecule has 0 saturated heterocycles. The molecule has 0 aliphatic heterocycles. The van der Waals surface area contributed by atoms with Crippen molar-refractivity contribution in [2.24, 2.45) is 10.3 Å². The molecule has 2 heterocycles. The highest BCUT2D eigenvalue weighted by Gasteiger charge is 2.09. The molecule has 0 unspecified atom stereocenters. The average molecular weight is 277 g/mol. The van der Waals surface area contributed by atoms with Crippen LogP contribution in [0.2, 0.25) is 0 Å². The number of benzene rings is 2. The van der Waals surface area contributed by atoms with Crippen LogP contribution in [0.1, 0.15) is 0 Å². The van der Waals surface area contributed by atoms with E-state index in [9.17, 15) is 5.11 Å². The van der Waals surface area contributed by atoms with Gasteiger partial charge in [0.05, 0.1) is 17.2 Å². The average Bonchev–Trinajstić information content (AvgIpc) is 3.06. The second-order valence-electron chi connectivity index (χ2n) is 4.65. The number of rotatable bonds is 2. The van der Waals surface area contributed by atoms with Crippen LogP contribution in [0.3, 0.4) is 0 Å². The monoisotopic (exact) mass is 277 g/mol. The van der Waals surface area contributed by atoms with Crippen molar-refractivity contribution in [3.05, 3.63) is 54.7 Å². The zero-order chi connectivity index (χ0) is 14.2.